The maximum absolute atomic E-state index is 12.8. The minimum absolute atomic E-state index is 0.265. The van der Waals surface area contributed by atoms with Gasteiger partial charge in [-0.25, -0.2) is 9.78 Å². The van der Waals surface area contributed by atoms with Crippen LogP contribution in [0.4, 0.5) is 10.5 Å². The molecule has 2 heterocycles. The van der Waals surface area contributed by atoms with E-state index in [0.717, 1.165) is 12.0 Å². The van der Waals surface area contributed by atoms with Crippen molar-refractivity contribution in [1.82, 2.24) is 9.88 Å². The van der Waals surface area contributed by atoms with E-state index in [1.807, 2.05) is 25.1 Å². The van der Waals surface area contributed by atoms with Gasteiger partial charge in [0.2, 0.25) is 11.8 Å². The molecule has 1 aromatic carbocycles. The molecular weight excluding hydrogens is 398 g/mol. The van der Waals surface area contributed by atoms with Crippen LogP contribution in [0.2, 0.25) is 0 Å². The molecule has 0 aliphatic carbocycles. The summed E-state index contributed by atoms with van der Waals surface area (Å²) in [7, 11) is 1.58. The average Bonchev–Trinajstić information content (AvgIpc) is 3.20. The zero-order valence-electron chi connectivity index (χ0n) is 18.6. The standard InChI is InChI=1S/C23H29N3O5/c1-15-8-10-18(19(13-15)29-5)30-20-11-9-16(14-24-20)25-21(27)17-7-6-12-26(17)22(28)31-23(2,3)4/h8-11,13-14,17H,6-7,12H2,1-5H3,(H,25,27)/t17-/m1/s1. The van der Waals surface area contributed by atoms with Gasteiger partial charge in [0.05, 0.1) is 19.0 Å². The number of hydrogen-bond acceptors (Lipinski definition) is 6. The number of ether oxygens (including phenoxy) is 3. The van der Waals surface area contributed by atoms with Crippen molar-refractivity contribution in [2.75, 3.05) is 19.0 Å². The van der Waals surface area contributed by atoms with Crippen LogP contribution in [-0.2, 0) is 9.53 Å². The van der Waals surface area contributed by atoms with Gasteiger partial charge in [-0.15, -0.1) is 0 Å². The van der Waals surface area contributed by atoms with Crippen LogP contribution in [0, 0.1) is 6.92 Å². The summed E-state index contributed by atoms with van der Waals surface area (Å²) < 4.78 is 16.5. The predicted molar refractivity (Wildman–Crippen MR) is 117 cm³/mol. The Labute approximate surface area is 182 Å². The lowest BCUT2D eigenvalue weighted by Gasteiger charge is -2.28. The van der Waals surface area contributed by atoms with Crippen molar-refractivity contribution >= 4 is 17.7 Å². The van der Waals surface area contributed by atoms with Gasteiger partial charge in [-0.1, -0.05) is 6.07 Å². The first-order chi connectivity index (χ1) is 14.7. The van der Waals surface area contributed by atoms with Crippen molar-refractivity contribution in [2.24, 2.45) is 0 Å². The summed E-state index contributed by atoms with van der Waals surface area (Å²) >= 11 is 0. The number of carbonyl (C=O) groups is 2. The zero-order chi connectivity index (χ0) is 22.6. The molecule has 8 nitrogen and oxygen atoms in total. The Morgan fingerprint density at radius 1 is 1.16 bits per heavy atom. The number of nitrogens with one attached hydrogen (secondary N) is 1. The van der Waals surface area contributed by atoms with Crippen LogP contribution in [0.3, 0.4) is 0 Å². The number of aromatic nitrogens is 1. The lowest BCUT2D eigenvalue weighted by molar-refractivity contribution is -0.120. The van der Waals surface area contributed by atoms with Gasteiger partial charge in [0.25, 0.3) is 0 Å². The minimum atomic E-state index is -0.611. The summed E-state index contributed by atoms with van der Waals surface area (Å²) in [5, 5.41) is 2.82. The van der Waals surface area contributed by atoms with Crippen molar-refractivity contribution in [2.45, 2.75) is 52.2 Å². The molecule has 2 aromatic rings. The molecule has 1 aliphatic heterocycles. The van der Waals surface area contributed by atoms with Crippen LogP contribution < -0.4 is 14.8 Å². The number of pyridine rings is 1. The molecule has 1 aromatic heterocycles. The Balaban J connectivity index is 1.63. The molecule has 3 rings (SSSR count). The molecule has 1 N–H and O–H groups in total. The van der Waals surface area contributed by atoms with E-state index in [1.54, 1.807) is 40.0 Å². The maximum Gasteiger partial charge on any atom is 0.410 e. The van der Waals surface area contributed by atoms with Crippen LogP contribution in [0.25, 0.3) is 0 Å². The third-order valence-corrected chi connectivity index (χ3v) is 4.72. The van der Waals surface area contributed by atoms with Crippen LogP contribution >= 0.6 is 0 Å². The normalized spacial score (nSPS) is 16.0. The number of amides is 2. The molecule has 1 saturated heterocycles. The Morgan fingerprint density at radius 2 is 1.94 bits per heavy atom. The monoisotopic (exact) mass is 427 g/mol. The fourth-order valence-electron chi connectivity index (χ4n) is 3.29. The van der Waals surface area contributed by atoms with E-state index in [4.69, 9.17) is 14.2 Å². The first-order valence-corrected chi connectivity index (χ1v) is 10.3. The number of carbonyl (C=O) groups excluding carboxylic acids is 2. The van der Waals surface area contributed by atoms with Crippen molar-refractivity contribution < 1.29 is 23.8 Å². The SMILES string of the molecule is COc1cc(C)ccc1Oc1ccc(NC(=O)[C@H]2CCCN2C(=O)OC(C)(C)C)cn1. The fraction of sp³-hybridized carbons (Fsp3) is 0.435. The first-order valence-electron chi connectivity index (χ1n) is 10.3. The molecule has 1 aliphatic rings. The maximum atomic E-state index is 12.8. The largest absolute Gasteiger partial charge is 0.493 e. The lowest BCUT2D eigenvalue weighted by atomic mass is 10.2. The van der Waals surface area contributed by atoms with E-state index in [9.17, 15) is 9.59 Å². The van der Waals surface area contributed by atoms with E-state index in [0.29, 0.717) is 36.0 Å². The Bertz CT molecular complexity index is 937. The smallest absolute Gasteiger partial charge is 0.410 e. The number of benzene rings is 1. The number of hydrogen-bond donors (Lipinski definition) is 1. The molecule has 2 amide bonds. The number of likely N-dealkylation sites (tertiary alicyclic amines) is 1. The summed E-state index contributed by atoms with van der Waals surface area (Å²) in [6.07, 6.45) is 2.38. The van der Waals surface area contributed by atoms with E-state index in [-0.39, 0.29) is 5.91 Å². The van der Waals surface area contributed by atoms with E-state index >= 15 is 0 Å². The first kappa shape index (κ1) is 22.4. The number of methoxy groups -OCH3 is 1. The van der Waals surface area contributed by atoms with E-state index in [2.05, 4.69) is 10.3 Å². The molecule has 8 heteroatoms. The quantitative estimate of drug-likeness (QED) is 0.754. The van der Waals surface area contributed by atoms with E-state index < -0.39 is 17.7 Å². The van der Waals surface area contributed by atoms with Gasteiger partial charge in [0.1, 0.15) is 11.6 Å². The summed E-state index contributed by atoms with van der Waals surface area (Å²) in [6, 6.07) is 8.41. The Kier molecular flexibility index (Phi) is 6.68. The highest BCUT2D eigenvalue weighted by molar-refractivity contribution is 5.96. The number of aryl methyl sites for hydroxylation is 1. The lowest BCUT2D eigenvalue weighted by Crippen LogP contribution is -2.45. The average molecular weight is 428 g/mol. The van der Waals surface area contributed by atoms with Gasteiger partial charge in [0, 0.05) is 12.6 Å². The van der Waals surface area contributed by atoms with Crippen LogP contribution in [0.5, 0.6) is 17.4 Å². The molecule has 1 fully saturated rings. The Morgan fingerprint density at radius 3 is 2.58 bits per heavy atom. The van der Waals surface area contributed by atoms with Gasteiger partial charge in [-0.2, -0.15) is 0 Å². The second-order valence-electron chi connectivity index (χ2n) is 8.46. The molecule has 1 atom stereocenters. The third-order valence-electron chi connectivity index (χ3n) is 4.72. The van der Waals surface area contributed by atoms with Gasteiger partial charge in [0.15, 0.2) is 11.5 Å². The van der Waals surface area contributed by atoms with Crippen molar-refractivity contribution in [1.29, 1.82) is 0 Å². The highest BCUT2D eigenvalue weighted by atomic mass is 16.6. The molecule has 166 valence electrons. The molecular formula is C23H29N3O5. The fourth-order valence-corrected chi connectivity index (χ4v) is 3.29. The molecule has 0 unspecified atom stereocenters. The van der Waals surface area contributed by atoms with Crippen LogP contribution in [-0.4, -0.2) is 47.2 Å². The molecule has 0 radical (unpaired) electrons. The number of rotatable bonds is 5. The topological polar surface area (TPSA) is 90.0 Å². The summed E-state index contributed by atoms with van der Waals surface area (Å²) in [5.74, 6) is 1.27. The van der Waals surface area contributed by atoms with Crippen molar-refractivity contribution in [3.8, 4) is 17.4 Å². The van der Waals surface area contributed by atoms with Gasteiger partial charge >= 0.3 is 6.09 Å². The molecule has 0 bridgehead atoms. The van der Waals surface area contributed by atoms with Crippen molar-refractivity contribution in [3.63, 3.8) is 0 Å². The van der Waals surface area contributed by atoms with Gasteiger partial charge < -0.3 is 19.5 Å². The Hall–Kier alpha value is -3.29. The second kappa shape index (κ2) is 9.24. The molecule has 0 spiro atoms. The highest BCUT2D eigenvalue weighted by Gasteiger charge is 2.36. The second-order valence-corrected chi connectivity index (χ2v) is 8.46. The summed E-state index contributed by atoms with van der Waals surface area (Å²) in [6.45, 7) is 7.87. The van der Waals surface area contributed by atoms with Crippen LogP contribution in [0.15, 0.2) is 36.5 Å². The third kappa shape index (κ3) is 5.87. The van der Waals surface area contributed by atoms with E-state index in [1.165, 1.54) is 11.1 Å². The molecule has 31 heavy (non-hydrogen) atoms. The predicted octanol–water partition coefficient (Wildman–Crippen LogP) is 4.53. The summed E-state index contributed by atoms with van der Waals surface area (Å²) in [4.78, 5) is 30.9. The molecule has 0 saturated carbocycles. The number of anilines is 1. The van der Waals surface area contributed by atoms with Gasteiger partial charge in [-0.05, 0) is 64.3 Å². The summed E-state index contributed by atoms with van der Waals surface area (Å²) in [5.41, 5.74) is 0.965. The van der Waals surface area contributed by atoms with Crippen molar-refractivity contribution in [3.05, 3.63) is 42.1 Å². The highest BCUT2D eigenvalue weighted by Crippen LogP contribution is 2.31. The number of nitrogens with zero attached hydrogens (tertiary/aromatic N) is 2. The minimum Gasteiger partial charge on any atom is -0.493 e. The van der Waals surface area contributed by atoms with Crippen LogP contribution in [0.1, 0.15) is 39.2 Å². The van der Waals surface area contributed by atoms with Gasteiger partial charge in [-0.3, -0.25) is 9.69 Å². The zero-order valence-corrected chi connectivity index (χ0v) is 18.6.